The zero-order valence-corrected chi connectivity index (χ0v) is 8.47. The van der Waals surface area contributed by atoms with Gasteiger partial charge in [-0.15, -0.1) is 0 Å². The number of hydrogen-bond acceptors (Lipinski definition) is 4. The molecule has 0 radical (unpaired) electrons. The fourth-order valence-corrected chi connectivity index (χ4v) is 1.34. The molecule has 0 spiro atoms. The summed E-state index contributed by atoms with van der Waals surface area (Å²) in [6, 6.07) is 5.33. The fourth-order valence-electron chi connectivity index (χ4n) is 1.34. The van der Waals surface area contributed by atoms with Gasteiger partial charge in [-0.05, 0) is 24.6 Å². The Labute approximate surface area is 92.2 Å². The second-order valence-electron chi connectivity index (χ2n) is 3.37. The van der Waals surface area contributed by atoms with E-state index in [1.165, 1.54) is 12.1 Å². The molecule has 0 amide bonds. The lowest BCUT2D eigenvalue weighted by atomic mass is 10.00. The molecule has 0 saturated heterocycles. The van der Waals surface area contributed by atoms with Crippen molar-refractivity contribution < 1.29 is 19.7 Å². The maximum Gasteiger partial charge on any atom is 0.129 e. The highest BCUT2D eigenvalue weighted by atomic mass is 19.1. The van der Waals surface area contributed by atoms with E-state index in [1.807, 2.05) is 6.07 Å². The lowest BCUT2D eigenvalue weighted by Gasteiger charge is -2.17. The molecule has 1 rings (SSSR count). The second kappa shape index (κ2) is 5.56. The summed E-state index contributed by atoms with van der Waals surface area (Å²) in [4.78, 5) is 0. The van der Waals surface area contributed by atoms with Crippen LogP contribution in [0.1, 0.15) is 23.7 Å². The largest absolute Gasteiger partial charge is 0.396 e. The Balaban J connectivity index is 2.98. The van der Waals surface area contributed by atoms with Gasteiger partial charge in [-0.25, -0.2) is 4.39 Å². The van der Waals surface area contributed by atoms with Crippen molar-refractivity contribution in [2.24, 2.45) is 0 Å². The molecule has 0 aromatic heterocycles. The van der Waals surface area contributed by atoms with E-state index in [4.69, 9.17) is 10.4 Å². The number of aliphatic hydroxyl groups excluding tert-OH is 3. The maximum absolute atomic E-state index is 13.3. The van der Waals surface area contributed by atoms with Crippen molar-refractivity contribution in [1.82, 2.24) is 0 Å². The van der Waals surface area contributed by atoms with Crippen LogP contribution in [0.15, 0.2) is 18.2 Å². The number of halogens is 1. The molecule has 0 heterocycles. The van der Waals surface area contributed by atoms with Crippen molar-refractivity contribution in [2.75, 3.05) is 6.61 Å². The van der Waals surface area contributed by atoms with Crippen LogP contribution in [0, 0.1) is 17.1 Å². The number of hydrogen-bond donors (Lipinski definition) is 3. The van der Waals surface area contributed by atoms with Crippen molar-refractivity contribution in [3.8, 4) is 6.07 Å². The van der Waals surface area contributed by atoms with Gasteiger partial charge in [0.05, 0.1) is 17.7 Å². The molecule has 2 atom stereocenters. The van der Waals surface area contributed by atoms with Crippen molar-refractivity contribution >= 4 is 0 Å². The van der Waals surface area contributed by atoms with Gasteiger partial charge in [0.15, 0.2) is 0 Å². The topological polar surface area (TPSA) is 84.5 Å². The zero-order valence-electron chi connectivity index (χ0n) is 8.47. The molecule has 0 bridgehead atoms. The van der Waals surface area contributed by atoms with E-state index in [2.05, 4.69) is 0 Å². The van der Waals surface area contributed by atoms with Crippen LogP contribution in [-0.4, -0.2) is 28.0 Å². The molecule has 4 nitrogen and oxygen atoms in total. The number of rotatable bonds is 4. The molecule has 0 aliphatic heterocycles. The molecule has 0 fully saturated rings. The molecule has 3 N–H and O–H groups in total. The molecule has 0 aliphatic rings. The third kappa shape index (κ3) is 2.76. The summed E-state index contributed by atoms with van der Waals surface area (Å²) in [5.41, 5.74) is 0.0617. The van der Waals surface area contributed by atoms with E-state index in [1.54, 1.807) is 0 Å². The minimum atomic E-state index is -1.44. The predicted molar refractivity (Wildman–Crippen MR) is 53.8 cm³/mol. The highest BCUT2D eigenvalue weighted by molar-refractivity contribution is 5.35. The molecule has 1 aromatic rings. The van der Waals surface area contributed by atoms with Crippen LogP contribution >= 0.6 is 0 Å². The Bertz CT molecular complexity index is 403. The number of benzene rings is 1. The van der Waals surface area contributed by atoms with Gasteiger partial charge >= 0.3 is 0 Å². The van der Waals surface area contributed by atoms with E-state index in [9.17, 15) is 14.6 Å². The number of nitrogens with zero attached hydrogens (tertiary/aromatic N) is 1. The van der Waals surface area contributed by atoms with Crippen LogP contribution in [-0.2, 0) is 0 Å². The van der Waals surface area contributed by atoms with Crippen LogP contribution in [0.4, 0.5) is 4.39 Å². The van der Waals surface area contributed by atoms with Crippen LogP contribution in [0.25, 0.3) is 0 Å². The smallest absolute Gasteiger partial charge is 0.129 e. The Morgan fingerprint density at radius 1 is 1.38 bits per heavy atom. The Morgan fingerprint density at radius 3 is 2.62 bits per heavy atom. The predicted octanol–water partition coefficient (Wildman–Crippen LogP) is 0.474. The average molecular weight is 225 g/mol. The molecule has 0 saturated carbocycles. The summed E-state index contributed by atoms with van der Waals surface area (Å²) in [7, 11) is 0. The van der Waals surface area contributed by atoms with Gasteiger partial charge in [0, 0.05) is 12.2 Å². The Morgan fingerprint density at radius 2 is 2.06 bits per heavy atom. The standard InChI is InChI=1S/C11H12FNO3/c12-9-2-1-7(6-13)5-8(9)11(16)10(15)3-4-14/h1-2,5,10-11,14-16H,3-4H2. The van der Waals surface area contributed by atoms with Crippen molar-refractivity contribution in [3.63, 3.8) is 0 Å². The summed E-state index contributed by atoms with van der Waals surface area (Å²) in [5.74, 6) is -0.691. The van der Waals surface area contributed by atoms with Crippen LogP contribution in [0.2, 0.25) is 0 Å². The number of aliphatic hydroxyl groups is 3. The maximum atomic E-state index is 13.3. The van der Waals surface area contributed by atoms with Crippen LogP contribution in [0.3, 0.4) is 0 Å². The van der Waals surface area contributed by atoms with Gasteiger partial charge in [-0.3, -0.25) is 0 Å². The summed E-state index contributed by atoms with van der Waals surface area (Å²) >= 11 is 0. The second-order valence-corrected chi connectivity index (χ2v) is 3.37. The van der Waals surface area contributed by atoms with Gasteiger partial charge in [0.1, 0.15) is 11.9 Å². The number of nitriles is 1. The van der Waals surface area contributed by atoms with E-state index < -0.39 is 18.0 Å². The van der Waals surface area contributed by atoms with Gasteiger partial charge in [0.2, 0.25) is 0 Å². The third-order valence-corrected chi connectivity index (χ3v) is 2.23. The molecule has 0 aliphatic carbocycles. The molecule has 86 valence electrons. The zero-order chi connectivity index (χ0) is 12.1. The minimum absolute atomic E-state index is 0.0581. The molecule has 16 heavy (non-hydrogen) atoms. The average Bonchev–Trinajstić information content (AvgIpc) is 2.29. The first-order chi connectivity index (χ1) is 7.60. The monoisotopic (exact) mass is 225 g/mol. The first kappa shape index (κ1) is 12.6. The van der Waals surface area contributed by atoms with Gasteiger partial charge in [-0.2, -0.15) is 5.26 Å². The van der Waals surface area contributed by atoms with Crippen molar-refractivity contribution in [2.45, 2.75) is 18.6 Å². The summed E-state index contributed by atoms with van der Waals surface area (Å²) < 4.78 is 13.3. The van der Waals surface area contributed by atoms with E-state index in [-0.39, 0.29) is 24.2 Å². The molecule has 2 unspecified atom stereocenters. The highest BCUT2D eigenvalue weighted by Gasteiger charge is 2.21. The van der Waals surface area contributed by atoms with Crippen LogP contribution in [0.5, 0.6) is 0 Å². The molecular formula is C11H12FNO3. The normalized spacial score (nSPS) is 14.2. The highest BCUT2D eigenvalue weighted by Crippen LogP contribution is 2.22. The first-order valence-corrected chi connectivity index (χ1v) is 4.76. The van der Waals surface area contributed by atoms with Crippen molar-refractivity contribution in [1.29, 1.82) is 5.26 Å². The Kier molecular flexibility index (Phi) is 4.38. The minimum Gasteiger partial charge on any atom is -0.396 e. The molecular weight excluding hydrogens is 213 g/mol. The Hall–Kier alpha value is -1.48. The quantitative estimate of drug-likeness (QED) is 0.695. The fraction of sp³-hybridized carbons (Fsp3) is 0.364. The van der Waals surface area contributed by atoms with Gasteiger partial charge < -0.3 is 15.3 Å². The summed E-state index contributed by atoms with van der Waals surface area (Å²) in [6.45, 7) is -0.308. The van der Waals surface area contributed by atoms with E-state index in [0.717, 1.165) is 6.07 Å². The summed E-state index contributed by atoms with van der Waals surface area (Å²) in [5, 5.41) is 36.2. The van der Waals surface area contributed by atoms with Gasteiger partial charge in [-0.1, -0.05) is 0 Å². The van der Waals surface area contributed by atoms with Crippen LogP contribution < -0.4 is 0 Å². The lowest BCUT2D eigenvalue weighted by Crippen LogP contribution is -2.20. The first-order valence-electron chi connectivity index (χ1n) is 4.76. The third-order valence-electron chi connectivity index (χ3n) is 2.23. The summed E-state index contributed by atoms with van der Waals surface area (Å²) in [6.07, 6.45) is -2.76. The van der Waals surface area contributed by atoms with Gasteiger partial charge in [0.25, 0.3) is 0 Å². The SMILES string of the molecule is N#Cc1ccc(F)c(C(O)C(O)CCO)c1. The lowest BCUT2D eigenvalue weighted by molar-refractivity contribution is 0.00235. The molecule has 5 heteroatoms. The van der Waals surface area contributed by atoms with Crippen molar-refractivity contribution in [3.05, 3.63) is 35.1 Å². The van der Waals surface area contributed by atoms with E-state index in [0.29, 0.717) is 0 Å². The molecule has 1 aromatic carbocycles. The van der Waals surface area contributed by atoms with E-state index >= 15 is 0 Å².